The van der Waals surface area contributed by atoms with Crippen molar-refractivity contribution in [3.05, 3.63) is 34.9 Å². The fourth-order valence-corrected chi connectivity index (χ4v) is 2.42. The molecule has 1 fully saturated rings. The van der Waals surface area contributed by atoms with Crippen LogP contribution in [0, 0.1) is 11.3 Å². The summed E-state index contributed by atoms with van der Waals surface area (Å²) in [6.07, 6.45) is 3.17. The molecule has 0 aromatic heterocycles. The van der Waals surface area contributed by atoms with Crippen LogP contribution in [0.25, 0.3) is 0 Å². The molecule has 1 aliphatic carbocycles. The minimum absolute atomic E-state index is 0.226. The Bertz CT molecular complexity index is 439. The quantitative estimate of drug-likeness (QED) is 0.800. The van der Waals surface area contributed by atoms with Gasteiger partial charge in [-0.1, -0.05) is 12.1 Å². The lowest BCUT2D eigenvalue weighted by Crippen LogP contribution is -2.36. The van der Waals surface area contributed by atoms with E-state index in [2.05, 4.69) is 6.07 Å². The summed E-state index contributed by atoms with van der Waals surface area (Å²) in [4.78, 5) is 0. The Morgan fingerprint density at radius 3 is 2.59 bits per heavy atom. The Hall–Kier alpha value is -1.37. The third kappa shape index (κ3) is 2.06. The first kappa shape index (κ1) is 12.1. The summed E-state index contributed by atoms with van der Waals surface area (Å²) < 4.78 is 10.7. The lowest BCUT2D eigenvalue weighted by molar-refractivity contribution is -0.0780. The zero-order valence-corrected chi connectivity index (χ0v) is 10.3. The summed E-state index contributed by atoms with van der Waals surface area (Å²) in [7, 11) is 3.38. The van der Waals surface area contributed by atoms with Crippen LogP contribution in [0.4, 0.5) is 0 Å². The van der Waals surface area contributed by atoms with Gasteiger partial charge in [-0.05, 0) is 30.9 Å². The van der Waals surface area contributed by atoms with Crippen LogP contribution in [0.1, 0.15) is 36.0 Å². The van der Waals surface area contributed by atoms with E-state index in [0.717, 1.165) is 24.0 Å². The van der Waals surface area contributed by atoms with Crippen LogP contribution >= 0.6 is 0 Å². The second-order valence-corrected chi connectivity index (χ2v) is 4.48. The average Bonchev–Trinajstić information content (AvgIpc) is 2.30. The smallest absolute Gasteiger partial charge is 0.0995 e. The van der Waals surface area contributed by atoms with E-state index in [1.54, 1.807) is 14.2 Å². The van der Waals surface area contributed by atoms with Crippen LogP contribution in [0.15, 0.2) is 18.2 Å². The molecule has 0 amide bonds. The molecule has 17 heavy (non-hydrogen) atoms. The molecule has 1 saturated carbocycles. The summed E-state index contributed by atoms with van der Waals surface area (Å²) >= 11 is 0. The van der Waals surface area contributed by atoms with Crippen molar-refractivity contribution in [2.75, 3.05) is 14.2 Å². The molecule has 1 aromatic rings. The van der Waals surface area contributed by atoms with Gasteiger partial charge in [0.2, 0.25) is 0 Å². The Balaban J connectivity index is 2.38. The second kappa shape index (κ2) is 4.87. The van der Waals surface area contributed by atoms with Crippen LogP contribution in [0.5, 0.6) is 0 Å². The number of methoxy groups -OCH3 is 2. The molecule has 1 aromatic carbocycles. The number of nitriles is 1. The molecule has 90 valence electrons. The molecule has 0 aliphatic heterocycles. The van der Waals surface area contributed by atoms with Gasteiger partial charge >= 0.3 is 0 Å². The molecular formula is C14H17NO2. The van der Waals surface area contributed by atoms with Crippen LogP contribution < -0.4 is 0 Å². The van der Waals surface area contributed by atoms with Gasteiger partial charge in [0.1, 0.15) is 0 Å². The van der Waals surface area contributed by atoms with Crippen molar-refractivity contribution in [3.63, 3.8) is 0 Å². The van der Waals surface area contributed by atoms with E-state index in [1.165, 1.54) is 6.42 Å². The highest BCUT2D eigenvalue weighted by Gasteiger charge is 2.40. The fourth-order valence-electron chi connectivity index (χ4n) is 2.42. The largest absolute Gasteiger partial charge is 0.380 e. The van der Waals surface area contributed by atoms with Crippen LogP contribution in [0.2, 0.25) is 0 Å². The zero-order chi connectivity index (χ0) is 12.3. The second-order valence-electron chi connectivity index (χ2n) is 4.48. The van der Waals surface area contributed by atoms with Gasteiger partial charge in [-0.3, -0.25) is 0 Å². The van der Waals surface area contributed by atoms with Gasteiger partial charge in [0.25, 0.3) is 0 Å². The van der Waals surface area contributed by atoms with Gasteiger partial charge < -0.3 is 9.47 Å². The number of nitrogens with zero attached hydrogens (tertiary/aromatic N) is 1. The van der Waals surface area contributed by atoms with Crippen LogP contribution in [-0.4, -0.2) is 14.2 Å². The summed E-state index contributed by atoms with van der Waals surface area (Å²) in [6, 6.07) is 8.19. The minimum atomic E-state index is -0.226. The van der Waals surface area contributed by atoms with Gasteiger partial charge in [-0.25, -0.2) is 0 Å². The van der Waals surface area contributed by atoms with Crippen molar-refractivity contribution in [3.8, 4) is 6.07 Å². The first-order valence-corrected chi connectivity index (χ1v) is 5.83. The lowest BCUT2D eigenvalue weighted by atomic mass is 9.73. The van der Waals surface area contributed by atoms with Crippen molar-refractivity contribution < 1.29 is 9.47 Å². The normalized spacial score (nSPS) is 17.2. The molecule has 0 spiro atoms. The number of rotatable bonds is 4. The number of ether oxygens (including phenoxy) is 2. The fraction of sp³-hybridized carbons (Fsp3) is 0.500. The predicted molar refractivity (Wildman–Crippen MR) is 64.4 cm³/mol. The third-order valence-electron chi connectivity index (χ3n) is 3.56. The third-order valence-corrected chi connectivity index (χ3v) is 3.56. The van der Waals surface area contributed by atoms with E-state index in [-0.39, 0.29) is 5.60 Å². The van der Waals surface area contributed by atoms with E-state index in [9.17, 15) is 5.26 Å². The summed E-state index contributed by atoms with van der Waals surface area (Å²) in [5.41, 5.74) is 2.53. The Morgan fingerprint density at radius 1 is 1.35 bits per heavy atom. The standard InChI is InChI=1S/C14H17NO2/c1-16-10-11-4-5-13(12(8-11)9-15)14(17-2)6-3-7-14/h4-5,8H,3,6-7,10H2,1-2H3. The van der Waals surface area contributed by atoms with Crippen LogP contribution in [-0.2, 0) is 21.7 Å². The van der Waals surface area contributed by atoms with E-state index in [0.29, 0.717) is 12.2 Å². The Morgan fingerprint density at radius 2 is 2.12 bits per heavy atom. The highest BCUT2D eigenvalue weighted by atomic mass is 16.5. The highest BCUT2D eigenvalue weighted by Crippen LogP contribution is 2.45. The maximum absolute atomic E-state index is 9.24. The molecule has 0 heterocycles. The molecular weight excluding hydrogens is 214 g/mol. The topological polar surface area (TPSA) is 42.2 Å². The van der Waals surface area contributed by atoms with E-state index < -0.39 is 0 Å². The molecule has 0 bridgehead atoms. The number of hydrogen-bond acceptors (Lipinski definition) is 3. The van der Waals surface area contributed by atoms with E-state index in [4.69, 9.17) is 9.47 Å². The highest BCUT2D eigenvalue weighted by molar-refractivity contribution is 5.44. The molecule has 0 atom stereocenters. The zero-order valence-electron chi connectivity index (χ0n) is 10.3. The monoisotopic (exact) mass is 231 g/mol. The van der Waals surface area contributed by atoms with Gasteiger partial charge in [-0.2, -0.15) is 5.26 Å². The van der Waals surface area contributed by atoms with Crippen molar-refractivity contribution >= 4 is 0 Å². The molecule has 0 saturated heterocycles. The molecule has 0 N–H and O–H groups in total. The molecule has 0 radical (unpaired) electrons. The molecule has 0 unspecified atom stereocenters. The van der Waals surface area contributed by atoms with Gasteiger partial charge in [0, 0.05) is 19.8 Å². The maximum Gasteiger partial charge on any atom is 0.0995 e. The van der Waals surface area contributed by atoms with Crippen molar-refractivity contribution in [1.82, 2.24) is 0 Å². The Labute approximate surface area is 102 Å². The SMILES string of the molecule is COCc1ccc(C2(OC)CCC2)c(C#N)c1. The summed E-state index contributed by atoms with van der Waals surface area (Å²) in [5, 5.41) is 9.24. The van der Waals surface area contributed by atoms with Gasteiger partial charge in [0.05, 0.1) is 23.8 Å². The van der Waals surface area contributed by atoms with Crippen molar-refractivity contribution in [2.45, 2.75) is 31.5 Å². The van der Waals surface area contributed by atoms with Crippen LogP contribution in [0.3, 0.4) is 0 Å². The molecule has 3 heteroatoms. The van der Waals surface area contributed by atoms with Crippen molar-refractivity contribution in [1.29, 1.82) is 5.26 Å². The summed E-state index contributed by atoms with van der Waals surface area (Å²) in [5.74, 6) is 0. The van der Waals surface area contributed by atoms with E-state index in [1.807, 2.05) is 18.2 Å². The molecule has 3 nitrogen and oxygen atoms in total. The molecule has 2 rings (SSSR count). The van der Waals surface area contributed by atoms with Gasteiger partial charge in [0.15, 0.2) is 0 Å². The Kier molecular flexibility index (Phi) is 3.46. The predicted octanol–water partition coefficient (Wildman–Crippen LogP) is 2.73. The van der Waals surface area contributed by atoms with Gasteiger partial charge in [-0.15, -0.1) is 0 Å². The average molecular weight is 231 g/mol. The van der Waals surface area contributed by atoms with Crippen molar-refractivity contribution in [2.24, 2.45) is 0 Å². The summed E-state index contributed by atoms with van der Waals surface area (Å²) in [6.45, 7) is 0.537. The first-order valence-electron chi connectivity index (χ1n) is 5.83. The lowest BCUT2D eigenvalue weighted by Gasteiger charge is -2.41. The van der Waals surface area contributed by atoms with E-state index >= 15 is 0 Å². The minimum Gasteiger partial charge on any atom is -0.380 e. The molecule has 1 aliphatic rings. The number of benzene rings is 1. The maximum atomic E-state index is 9.24. The number of hydrogen-bond donors (Lipinski definition) is 0. The first-order chi connectivity index (χ1) is 8.25.